The summed E-state index contributed by atoms with van der Waals surface area (Å²) in [6.07, 6.45) is 4.99. The van der Waals surface area contributed by atoms with Crippen LogP contribution in [0.25, 0.3) is 5.65 Å². The fourth-order valence-electron chi connectivity index (χ4n) is 2.23. The number of fused-ring (bicyclic) bond motifs is 1. The van der Waals surface area contributed by atoms with Crippen LogP contribution in [0.5, 0.6) is 5.88 Å². The summed E-state index contributed by atoms with van der Waals surface area (Å²) in [5, 5.41) is 15.0. The first kappa shape index (κ1) is 16.2. The standard InChI is InChI=1S/C14H17N7O2S/c1-3-5-9-11(24-20-17-9)13(22)16-8-10-18-19-12-14(23-4-2)15-6-7-21(10)12/h6-7H,3-5,8H2,1-2H3,(H,16,22). The summed E-state index contributed by atoms with van der Waals surface area (Å²) in [5.74, 6) is 0.808. The minimum atomic E-state index is -0.204. The molecule has 0 fully saturated rings. The highest BCUT2D eigenvalue weighted by atomic mass is 32.1. The van der Waals surface area contributed by atoms with Crippen molar-refractivity contribution >= 4 is 23.1 Å². The molecule has 10 heteroatoms. The van der Waals surface area contributed by atoms with Crippen LogP contribution in [0.1, 0.15) is 41.5 Å². The van der Waals surface area contributed by atoms with E-state index in [2.05, 4.69) is 30.1 Å². The van der Waals surface area contributed by atoms with Crippen molar-refractivity contribution in [2.75, 3.05) is 6.61 Å². The number of nitrogens with zero attached hydrogens (tertiary/aromatic N) is 6. The van der Waals surface area contributed by atoms with Gasteiger partial charge in [-0.3, -0.25) is 9.20 Å². The van der Waals surface area contributed by atoms with Crippen LogP contribution < -0.4 is 10.1 Å². The topological polar surface area (TPSA) is 107 Å². The van der Waals surface area contributed by atoms with Crippen molar-refractivity contribution in [3.05, 3.63) is 28.8 Å². The van der Waals surface area contributed by atoms with Crippen LogP contribution in [0.2, 0.25) is 0 Å². The van der Waals surface area contributed by atoms with Crippen LogP contribution in [-0.4, -0.2) is 41.7 Å². The molecule has 9 nitrogen and oxygen atoms in total. The van der Waals surface area contributed by atoms with Crippen molar-refractivity contribution in [3.8, 4) is 5.88 Å². The van der Waals surface area contributed by atoms with E-state index in [9.17, 15) is 4.79 Å². The van der Waals surface area contributed by atoms with Gasteiger partial charge in [-0.05, 0) is 24.9 Å². The van der Waals surface area contributed by atoms with E-state index >= 15 is 0 Å². The van der Waals surface area contributed by atoms with Gasteiger partial charge in [-0.2, -0.15) is 0 Å². The molecule has 0 aliphatic carbocycles. The number of aryl methyl sites for hydroxylation is 1. The first-order chi connectivity index (χ1) is 11.7. The Hall–Kier alpha value is -2.62. The van der Waals surface area contributed by atoms with Gasteiger partial charge in [-0.1, -0.05) is 17.8 Å². The lowest BCUT2D eigenvalue weighted by atomic mass is 10.2. The molecule has 0 atom stereocenters. The minimum absolute atomic E-state index is 0.204. The molecule has 3 heterocycles. The number of hydrogen-bond donors (Lipinski definition) is 1. The lowest BCUT2D eigenvalue weighted by Gasteiger charge is -2.05. The van der Waals surface area contributed by atoms with Crippen molar-refractivity contribution in [2.24, 2.45) is 0 Å². The van der Waals surface area contributed by atoms with E-state index in [0.29, 0.717) is 28.8 Å². The summed E-state index contributed by atoms with van der Waals surface area (Å²) in [4.78, 5) is 17.0. The minimum Gasteiger partial charge on any atom is -0.475 e. The molecule has 0 saturated carbocycles. The largest absolute Gasteiger partial charge is 0.475 e. The highest BCUT2D eigenvalue weighted by Gasteiger charge is 2.17. The molecule has 0 spiro atoms. The maximum Gasteiger partial charge on any atom is 0.265 e. The summed E-state index contributed by atoms with van der Waals surface area (Å²) < 4.78 is 11.0. The molecule has 0 bridgehead atoms. The summed E-state index contributed by atoms with van der Waals surface area (Å²) in [6.45, 7) is 4.64. The maximum absolute atomic E-state index is 12.3. The fraction of sp³-hybridized carbons (Fsp3) is 0.429. The van der Waals surface area contributed by atoms with Gasteiger partial charge >= 0.3 is 0 Å². The number of aromatic nitrogens is 6. The zero-order valence-electron chi connectivity index (χ0n) is 13.4. The second-order valence-corrected chi connectivity index (χ2v) is 5.71. The third-order valence-electron chi connectivity index (χ3n) is 3.30. The van der Waals surface area contributed by atoms with E-state index in [1.54, 1.807) is 16.8 Å². The number of rotatable bonds is 7. The molecule has 1 amide bonds. The van der Waals surface area contributed by atoms with Crippen LogP contribution in [-0.2, 0) is 13.0 Å². The molecule has 0 aliphatic rings. The third-order valence-corrected chi connectivity index (χ3v) is 4.07. The Kier molecular flexibility index (Phi) is 4.94. The Labute approximate surface area is 142 Å². The Morgan fingerprint density at radius 1 is 1.33 bits per heavy atom. The van der Waals surface area contributed by atoms with Gasteiger partial charge in [0.25, 0.3) is 11.8 Å². The van der Waals surface area contributed by atoms with E-state index in [0.717, 1.165) is 30.1 Å². The number of hydrogen-bond acceptors (Lipinski definition) is 8. The Balaban J connectivity index is 1.75. The average molecular weight is 347 g/mol. The SMILES string of the molecule is CCCc1nnsc1C(=O)NCc1nnc2c(OCC)nccn12. The third kappa shape index (κ3) is 3.18. The molecule has 3 aromatic heterocycles. The van der Waals surface area contributed by atoms with Crippen LogP contribution in [0.4, 0.5) is 0 Å². The molecule has 3 rings (SSSR count). The van der Waals surface area contributed by atoms with Gasteiger partial charge in [0.15, 0.2) is 5.82 Å². The summed E-state index contributed by atoms with van der Waals surface area (Å²) in [5.41, 5.74) is 1.25. The second kappa shape index (κ2) is 7.30. The Morgan fingerprint density at radius 3 is 3.00 bits per heavy atom. The molecule has 3 aromatic rings. The smallest absolute Gasteiger partial charge is 0.265 e. The maximum atomic E-state index is 12.3. The molecule has 0 radical (unpaired) electrons. The van der Waals surface area contributed by atoms with Crippen molar-refractivity contribution in [2.45, 2.75) is 33.2 Å². The number of carbonyl (C=O) groups is 1. The van der Waals surface area contributed by atoms with Crippen molar-refractivity contribution in [1.82, 2.24) is 34.5 Å². The van der Waals surface area contributed by atoms with Gasteiger partial charge in [0.2, 0.25) is 5.65 Å². The first-order valence-electron chi connectivity index (χ1n) is 7.65. The highest BCUT2D eigenvalue weighted by molar-refractivity contribution is 7.08. The quantitative estimate of drug-likeness (QED) is 0.685. The molecule has 0 aromatic carbocycles. The summed E-state index contributed by atoms with van der Waals surface area (Å²) >= 11 is 1.10. The van der Waals surface area contributed by atoms with Crippen molar-refractivity contribution in [3.63, 3.8) is 0 Å². The zero-order chi connectivity index (χ0) is 16.9. The zero-order valence-corrected chi connectivity index (χ0v) is 14.2. The Bertz CT molecular complexity index is 845. The predicted molar refractivity (Wildman–Crippen MR) is 87.0 cm³/mol. The van der Waals surface area contributed by atoms with E-state index < -0.39 is 0 Å². The van der Waals surface area contributed by atoms with Crippen LogP contribution in [0.3, 0.4) is 0 Å². The molecule has 24 heavy (non-hydrogen) atoms. The molecule has 126 valence electrons. The molecule has 0 saturated heterocycles. The van der Waals surface area contributed by atoms with Crippen LogP contribution in [0, 0.1) is 0 Å². The van der Waals surface area contributed by atoms with Gasteiger partial charge < -0.3 is 10.1 Å². The molecular weight excluding hydrogens is 330 g/mol. The fourth-order valence-corrected chi connectivity index (χ4v) is 2.86. The molecular formula is C14H17N7O2S. The number of ether oxygens (including phenoxy) is 1. The van der Waals surface area contributed by atoms with Gasteiger partial charge in [0.1, 0.15) is 4.88 Å². The summed E-state index contributed by atoms with van der Waals surface area (Å²) in [6, 6.07) is 0. The normalized spacial score (nSPS) is 10.9. The van der Waals surface area contributed by atoms with E-state index in [4.69, 9.17) is 4.74 Å². The van der Waals surface area contributed by atoms with Gasteiger partial charge in [-0.25, -0.2) is 4.98 Å². The number of carbonyl (C=O) groups excluding carboxylic acids is 1. The van der Waals surface area contributed by atoms with Crippen LogP contribution in [0.15, 0.2) is 12.4 Å². The van der Waals surface area contributed by atoms with Gasteiger partial charge in [-0.15, -0.1) is 15.3 Å². The molecule has 1 N–H and O–H groups in total. The molecule has 0 aliphatic heterocycles. The molecule has 0 unspecified atom stereocenters. The number of amides is 1. The predicted octanol–water partition coefficient (Wildman–Crippen LogP) is 1.26. The second-order valence-electron chi connectivity index (χ2n) is 4.96. The lowest BCUT2D eigenvalue weighted by molar-refractivity contribution is 0.0952. The van der Waals surface area contributed by atoms with Gasteiger partial charge in [0.05, 0.1) is 18.8 Å². The van der Waals surface area contributed by atoms with E-state index in [1.807, 2.05) is 13.8 Å². The average Bonchev–Trinajstić information content (AvgIpc) is 3.21. The lowest BCUT2D eigenvalue weighted by Crippen LogP contribution is -2.24. The van der Waals surface area contributed by atoms with E-state index in [1.165, 1.54) is 0 Å². The monoisotopic (exact) mass is 347 g/mol. The van der Waals surface area contributed by atoms with E-state index in [-0.39, 0.29) is 12.5 Å². The first-order valence-corrected chi connectivity index (χ1v) is 8.42. The van der Waals surface area contributed by atoms with Crippen molar-refractivity contribution in [1.29, 1.82) is 0 Å². The Morgan fingerprint density at radius 2 is 2.21 bits per heavy atom. The number of nitrogens with one attached hydrogen (secondary N) is 1. The summed E-state index contributed by atoms with van der Waals surface area (Å²) in [7, 11) is 0. The van der Waals surface area contributed by atoms with Crippen molar-refractivity contribution < 1.29 is 9.53 Å². The van der Waals surface area contributed by atoms with Gasteiger partial charge in [0, 0.05) is 12.4 Å². The van der Waals surface area contributed by atoms with Crippen LogP contribution >= 0.6 is 11.5 Å². The highest BCUT2D eigenvalue weighted by Crippen LogP contribution is 2.15.